The highest BCUT2D eigenvalue weighted by molar-refractivity contribution is 6.02. The van der Waals surface area contributed by atoms with E-state index in [4.69, 9.17) is 4.42 Å². The third-order valence-electron chi connectivity index (χ3n) is 6.43. The van der Waals surface area contributed by atoms with Crippen molar-refractivity contribution in [1.82, 2.24) is 9.47 Å². The number of nitrogens with zero attached hydrogens (tertiary/aromatic N) is 2. The fourth-order valence-electron chi connectivity index (χ4n) is 5.06. The number of hydrogen-bond donors (Lipinski definition) is 0. The van der Waals surface area contributed by atoms with Crippen LogP contribution in [0.4, 0.5) is 0 Å². The van der Waals surface area contributed by atoms with E-state index in [0.717, 1.165) is 44.6 Å². The maximum Gasteiger partial charge on any atom is 0.255 e. The lowest BCUT2D eigenvalue weighted by Crippen LogP contribution is -2.28. The molecule has 4 heteroatoms. The minimum absolute atomic E-state index is 0.0361. The monoisotopic (exact) mass is 418 g/mol. The minimum atomic E-state index is -0.204. The van der Waals surface area contributed by atoms with E-state index in [1.165, 1.54) is 0 Å². The smallest absolute Gasteiger partial charge is 0.255 e. The van der Waals surface area contributed by atoms with E-state index in [-0.39, 0.29) is 11.9 Å². The number of aromatic nitrogens is 1. The van der Waals surface area contributed by atoms with Crippen molar-refractivity contribution in [2.24, 2.45) is 7.05 Å². The molecule has 3 heterocycles. The van der Waals surface area contributed by atoms with Gasteiger partial charge in [-0.1, -0.05) is 66.7 Å². The zero-order chi connectivity index (χ0) is 21.7. The van der Waals surface area contributed by atoms with Crippen molar-refractivity contribution in [3.63, 3.8) is 0 Å². The van der Waals surface area contributed by atoms with E-state index < -0.39 is 0 Å². The van der Waals surface area contributed by atoms with Gasteiger partial charge in [0.1, 0.15) is 5.76 Å². The van der Waals surface area contributed by atoms with Gasteiger partial charge in [0, 0.05) is 29.1 Å². The highest BCUT2D eigenvalue weighted by atomic mass is 16.3. The SMILES string of the molecule is Cn1c(-c2ccccc2)c(C2c3ccccc3C(=O)N2Cc2ccco2)c2ccccc21. The average Bonchev–Trinajstić information content (AvgIpc) is 3.52. The minimum Gasteiger partial charge on any atom is -0.467 e. The van der Waals surface area contributed by atoms with Crippen LogP contribution < -0.4 is 0 Å². The lowest BCUT2D eigenvalue weighted by Gasteiger charge is -2.26. The summed E-state index contributed by atoms with van der Waals surface area (Å²) in [5.74, 6) is 0.812. The first kappa shape index (κ1) is 18.7. The Morgan fingerprint density at radius 2 is 1.59 bits per heavy atom. The first-order chi connectivity index (χ1) is 15.7. The van der Waals surface area contributed by atoms with Gasteiger partial charge in [0.2, 0.25) is 0 Å². The molecule has 4 nitrogen and oxygen atoms in total. The van der Waals surface area contributed by atoms with Crippen molar-refractivity contribution in [2.45, 2.75) is 12.6 Å². The van der Waals surface area contributed by atoms with Gasteiger partial charge in [-0.05, 0) is 35.4 Å². The number of furan rings is 1. The van der Waals surface area contributed by atoms with Gasteiger partial charge in [-0.2, -0.15) is 0 Å². The number of fused-ring (bicyclic) bond motifs is 2. The zero-order valence-electron chi connectivity index (χ0n) is 17.7. The van der Waals surface area contributed by atoms with Gasteiger partial charge in [0.15, 0.2) is 0 Å². The maximum absolute atomic E-state index is 13.6. The van der Waals surface area contributed by atoms with Gasteiger partial charge < -0.3 is 13.9 Å². The van der Waals surface area contributed by atoms with E-state index >= 15 is 0 Å². The van der Waals surface area contributed by atoms with Crippen LogP contribution in [-0.2, 0) is 13.6 Å². The molecule has 0 spiro atoms. The number of amides is 1. The van der Waals surface area contributed by atoms with Gasteiger partial charge in [-0.15, -0.1) is 0 Å². The van der Waals surface area contributed by atoms with Gasteiger partial charge in [0.25, 0.3) is 5.91 Å². The average molecular weight is 418 g/mol. The maximum atomic E-state index is 13.6. The third kappa shape index (κ3) is 2.73. The molecule has 0 saturated heterocycles. The van der Waals surface area contributed by atoms with Crippen molar-refractivity contribution >= 4 is 16.8 Å². The summed E-state index contributed by atoms with van der Waals surface area (Å²) in [6.45, 7) is 0.419. The van der Waals surface area contributed by atoms with Crippen LogP contribution in [0.25, 0.3) is 22.2 Å². The Morgan fingerprint density at radius 1 is 0.844 bits per heavy atom. The molecule has 1 aliphatic rings. The Kier molecular flexibility index (Phi) is 4.25. The molecule has 1 amide bonds. The standard InChI is InChI=1S/C28H22N2O2/c1-29-24-16-8-7-15-23(24)25(26(29)19-10-3-2-4-11-19)27-21-13-5-6-14-22(21)28(31)30(27)18-20-12-9-17-32-20/h2-17,27H,18H2,1H3. The molecule has 2 aromatic heterocycles. The fourth-order valence-corrected chi connectivity index (χ4v) is 5.06. The first-order valence-electron chi connectivity index (χ1n) is 10.8. The number of aryl methyl sites for hydroxylation is 1. The number of rotatable bonds is 4. The Morgan fingerprint density at radius 3 is 2.41 bits per heavy atom. The van der Waals surface area contributed by atoms with Crippen LogP contribution in [0.5, 0.6) is 0 Å². The molecule has 32 heavy (non-hydrogen) atoms. The highest BCUT2D eigenvalue weighted by Crippen LogP contribution is 2.46. The molecule has 1 aliphatic heterocycles. The molecule has 0 N–H and O–H groups in total. The molecule has 3 aromatic carbocycles. The van der Waals surface area contributed by atoms with Gasteiger partial charge >= 0.3 is 0 Å². The number of benzene rings is 3. The molecular formula is C28H22N2O2. The van der Waals surface area contributed by atoms with E-state index in [9.17, 15) is 4.79 Å². The summed E-state index contributed by atoms with van der Waals surface area (Å²) in [7, 11) is 2.10. The Bertz CT molecular complexity index is 1430. The largest absolute Gasteiger partial charge is 0.467 e. The van der Waals surface area contributed by atoms with Gasteiger partial charge in [0.05, 0.1) is 24.5 Å². The Hall–Kier alpha value is -4.05. The van der Waals surface area contributed by atoms with Crippen LogP contribution in [0.2, 0.25) is 0 Å². The van der Waals surface area contributed by atoms with Crippen LogP contribution in [0.15, 0.2) is 102 Å². The second-order valence-corrected chi connectivity index (χ2v) is 8.21. The molecule has 6 rings (SSSR count). The quantitative estimate of drug-likeness (QED) is 0.349. The normalized spacial score (nSPS) is 15.5. The Labute approximate surface area is 186 Å². The lowest BCUT2D eigenvalue weighted by atomic mass is 9.93. The molecule has 1 atom stereocenters. The van der Waals surface area contributed by atoms with Gasteiger partial charge in [-0.3, -0.25) is 4.79 Å². The third-order valence-corrected chi connectivity index (χ3v) is 6.43. The molecule has 5 aromatic rings. The van der Waals surface area contributed by atoms with E-state index in [0.29, 0.717) is 6.54 Å². The number of para-hydroxylation sites is 1. The first-order valence-corrected chi connectivity index (χ1v) is 10.8. The van der Waals surface area contributed by atoms with Crippen molar-refractivity contribution < 1.29 is 9.21 Å². The lowest BCUT2D eigenvalue weighted by molar-refractivity contribution is 0.0724. The molecule has 1 unspecified atom stereocenters. The van der Waals surface area contributed by atoms with Gasteiger partial charge in [-0.25, -0.2) is 0 Å². The number of carbonyl (C=O) groups excluding carboxylic acids is 1. The summed E-state index contributed by atoms with van der Waals surface area (Å²) in [5, 5.41) is 1.16. The summed E-state index contributed by atoms with van der Waals surface area (Å²) in [4.78, 5) is 15.5. The summed E-state index contributed by atoms with van der Waals surface area (Å²) in [6, 6.07) is 30.4. The van der Waals surface area contributed by atoms with E-state index in [1.807, 2.05) is 41.3 Å². The Balaban J connectivity index is 1.65. The predicted octanol–water partition coefficient (Wildman–Crippen LogP) is 6.18. The second kappa shape index (κ2) is 7.27. The fraction of sp³-hybridized carbons (Fsp3) is 0.107. The summed E-state index contributed by atoms with van der Waals surface area (Å²) >= 11 is 0. The molecule has 156 valence electrons. The van der Waals surface area contributed by atoms with Crippen molar-refractivity contribution in [2.75, 3.05) is 0 Å². The summed E-state index contributed by atoms with van der Waals surface area (Å²) in [6.07, 6.45) is 1.66. The molecule has 0 bridgehead atoms. The van der Waals surface area contributed by atoms with Crippen LogP contribution in [0.1, 0.15) is 33.3 Å². The second-order valence-electron chi connectivity index (χ2n) is 8.21. The number of hydrogen-bond acceptors (Lipinski definition) is 2. The number of carbonyl (C=O) groups is 1. The molecule has 0 aliphatic carbocycles. The van der Waals surface area contributed by atoms with Crippen LogP contribution in [-0.4, -0.2) is 15.4 Å². The van der Waals surface area contributed by atoms with E-state index in [2.05, 4.69) is 66.2 Å². The van der Waals surface area contributed by atoms with E-state index in [1.54, 1.807) is 6.26 Å². The van der Waals surface area contributed by atoms with Crippen molar-refractivity contribution in [1.29, 1.82) is 0 Å². The van der Waals surface area contributed by atoms with Crippen LogP contribution >= 0.6 is 0 Å². The molecule has 0 fully saturated rings. The topological polar surface area (TPSA) is 38.4 Å². The summed E-state index contributed by atoms with van der Waals surface area (Å²) < 4.78 is 7.88. The predicted molar refractivity (Wildman–Crippen MR) is 125 cm³/mol. The van der Waals surface area contributed by atoms with Crippen LogP contribution in [0, 0.1) is 0 Å². The van der Waals surface area contributed by atoms with Crippen molar-refractivity contribution in [3.8, 4) is 11.3 Å². The molecule has 0 radical (unpaired) electrons. The van der Waals surface area contributed by atoms with Crippen molar-refractivity contribution in [3.05, 3.63) is 120 Å². The molecule has 0 saturated carbocycles. The summed E-state index contributed by atoms with van der Waals surface area (Å²) in [5.41, 5.74) is 6.37. The zero-order valence-corrected chi connectivity index (χ0v) is 17.7. The molecular weight excluding hydrogens is 396 g/mol. The van der Waals surface area contributed by atoms with Crippen LogP contribution in [0.3, 0.4) is 0 Å². The highest BCUT2D eigenvalue weighted by Gasteiger charge is 2.40.